The number of nitrogens with one attached hydrogen (secondary N) is 3. The Morgan fingerprint density at radius 2 is 2.00 bits per heavy atom. The van der Waals surface area contributed by atoms with E-state index in [4.69, 9.17) is 4.74 Å². The lowest BCUT2D eigenvalue weighted by atomic mass is 10.2. The molecule has 0 heterocycles. The van der Waals surface area contributed by atoms with Crippen LogP contribution in [0.25, 0.3) is 0 Å². The summed E-state index contributed by atoms with van der Waals surface area (Å²) in [7, 11) is 3.39. The van der Waals surface area contributed by atoms with Crippen LogP contribution in [0.4, 0.5) is 5.69 Å². The highest BCUT2D eigenvalue weighted by Gasteiger charge is 2.24. The van der Waals surface area contributed by atoms with E-state index in [0.717, 1.165) is 11.3 Å². The van der Waals surface area contributed by atoms with Gasteiger partial charge in [0.25, 0.3) is 11.8 Å². The number of benzene rings is 1. The summed E-state index contributed by atoms with van der Waals surface area (Å²) in [6.45, 7) is 4.72. The lowest BCUT2D eigenvalue weighted by Crippen LogP contribution is -3.15. The monoisotopic (exact) mass is 308 g/mol. The Hall–Kier alpha value is -2.08. The molecule has 1 rings (SSSR count). The van der Waals surface area contributed by atoms with Crippen LogP contribution in [-0.4, -0.2) is 45.1 Å². The van der Waals surface area contributed by atoms with Gasteiger partial charge in [0.05, 0.1) is 19.8 Å². The Labute approximate surface area is 131 Å². The summed E-state index contributed by atoms with van der Waals surface area (Å²) in [6.07, 6.45) is 0.897. The first-order valence-electron chi connectivity index (χ1n) is 7.52. The predicted octanol–water partition coefficient (Wildman–Crippen LogP) is 0.0631. The Kier molecular flexibility index (Phi) is 7.39. The lowest BCUT2D eigenvalue weighted by molar-refractivity contribution is -0.885. The van der Waals surface area contributed by atoms with Gasteiger partial charge in [-0.2, -0.15) is 0 Å². The van der Waals surface area contributed by atoms with Crippen molar-refractivity contribution in [1.82, 2.24) is 5.32 Å². The molecule has 6 nitrogen and oxygen atoms in total. The van der Waals surface area contributed by atoms with Gasteiger partial charge in [-0.15, -0.1) is 0 Å². The largest absolute Gasteiger partial charge is 0.495 e. The molecule has 22 heavy (non-hydrogen) atoms. The summed E-state index contributed by atoms with van der Waals surface area (Å²) in [6, 6.07) is 6.89. The maximum Gasteiger partial charge on any atom is 0.282 e. The highest BCUT2D eigenvalue weighted by atomic mass is 16.5. The van der Waals surface area contributed by atoms with Crippen LogP contribution >= 0.6 is 0 Å². The number of ether oxygens (including phenoxy) is 1. The smallest absolute Gasteiger partial charge is 0.282 e. The van der Waals surface area contributed by atoms with E-state index in [1.807, 2.05) is 26.1 Å². The molecule has 6 heteroatoms. The summed E-state index contributed by atoms with van der Waals surface area (Å²) in [5.74, 6) is 0.419. The summed E-state index contributed by atoms with van der Waals surface area (Å²) < 4.78 is 5.21. The molecule has 2 amide bonds. The Morgan fingerprint density at radius 1 is 1.32 bits per heavy atom. The number of para-hydroxylation sites is 2. The Balaban J connectivity index is 2.58. The second-order valence-electron chi connectivity index (χ2n) is 5.28. The molecule has 0 aromatic heterocycles. The van der Waals surface area contributed by atoms with Crippen molar-refractivity contribution in [3.05, 3.63) is 24.3 Å². The molecule has 0 aliphatic rings. The number of carbonyl (C=O) groups is 2. The average Bonchev–Trinajstić information content (AvgIpc) is 2.52. The van der Waals surface area contributed by atoms with Crippen molar-refractivity contribution < 1.29 is 19.2 Å². The van der Waals surface area contributed by atoms with Crippen molar-refractivity contribution in [2.24, 2.45) is 0 Å². The summed E-state index contributed by atoms with van der Waals surface area (Å²) in [4.78, 5) is 24.8. The fraction of sp³-hybridized carbons (Fsp3) is 0.500. The minimum absolute atomic E-state index is 0.0451. The third-order valence-corrected chi connectivity index (χ3v) is 3.51. The lowest BCUT2D eigenvalue weighted by Gasteiger charge is -2.21. The normalized spacial score (nSPS) is 13.1. The first-order chi connectivity index (χ1) is 10.5. The number of methoxy groups -OCH3 is 1. The number of carbonyl (C=O) groups excluding carboxylic acids is 2. The van der Waals surface area contributed by atoms with E-state index in [1.165, 1.54) is 0 Å². The van der Waals surface area contributed by atoms with E-state index in [0.29, 0.717) is 18.0 Å². The van der Waals surface area contributed by atoms with E-state index < -0.39 is 0 Å². The molecular formula is C16H26N3O3+. The third-order valence-electron chi connectivity index (χ3n) is 3.51. The number of hydrogen-bond acceptors (Lipinski definition) is 3. The second kappa shape index (κ2) is 9.04. The summed E-state index contributed by atoms with van der Waals surface area (Å²) in [5.41, 5.74) is 0.630. The molecule has 2 atom stereocenters. The Bertz CT molecular complexity index is 505. The van der Waals surface area contributed by atoms with Crippen molar-refractivity contribution in [3.63, 3.8) is 0 Å². The van der Waals surface area contributed by atoms with Gasteiger partial charge >= 0.3 is 0 Å². The molecule has 1 unspecified atom stereocenters. The fourth-order valence-corrected chi connectivity index (χ4v) is 1.95. The molecule has 0 radical (unpaired) electrons. The zero-order valence-corrected chi connectivity index (χ0v) is 13.7. The average molecular weight is 308 g/mol. The molecule has 0 bridgehead atoms. The van der Waals surface area contributed by atoms with Crippen molar-refractivity contribution in [3.8, 4) is 5.75 Å². The van der Waals surface area contributed by atoms with Crippen LogP contribution in [0, 0.1) is 0 Å². The number of quaternary nitrogens is 1. The van der Waals surface area contributed by atoms with Crippen LogP contribution in [0.15, 0.2) is 24.3 Å². The number of rotatable bonds is 8. The molecule has 0 spiro atoms. The molecule has 1 aromatic rings. The number of likely N-dealkylation sites (N-methyl/N-ethyl adjacent to an activating group) is 1. The van der Waals surface area contributed by atoms with Crippen LogP contribution in [-0.2, 0) is 9.59 Å². The predicted molar refractivity (Wildman–Crippen MR) is 86.1 cm³/mol. The van der Waals surface area contributed by atoms with E-state index in [2.05, 4.69) is 10.6 Å². The van der Waals surface area contributed by atoms with Gasteiger partial charge in [0.15, 0.2) is 12.6 Å². The second-order valence-corrected chi connectivity index (χ2v) is 5.28. The van der Waals surface area contributed by atoms with Gasteiger partial charge in [0, 0.05) is 6.54 Å². The van der Waals surface area contributed by atoms with Gasteiger partial charge < -0.3 is 20.3 Å². The summed E-state index contributed by atoms with van der Waals surface area (Å²) in [5, 5.41) is 5.66. The number of amides is 2. The van der Waals surface area contributed by atoms with Crippen molar-refractivity contribution in [2.45, 2.75) is 26.3 Å². The third kappa shape index (κ3) is 5.37. The molecule has 0 saturated heterocycles. The molecule has 0 saturated carbocycles. The maximum absolute atomic E-state index is 12.3. The van der Waals surface area contributed by atoms with Crippen LogP contribution in [0.3, 0.4) is 0 Å². The zero-order valence-electron chi connectivity index (χ0n) is 13.7. The zero-order chi connectivity index (χ0) is 16.5. The van der Waals surface area contributed by atoms with Crippen LogP contribution < -0.4 is 20.3 Å². The maximum atomic E-state index is 12.3. The van der Waals surface area contributed by atoms with Crippen molar-refractivity contribution >= 4 is 17.5 Å². The SMILES string of the molecule is CCCNC(=O)C[NH+](C)[C@@H](C)C(=O)Nc1ccccc1OC. The van der Waals surface area contributed by atoms with Crippen molar-refractivity contribution in [1.29, 1.82) is 0 Å². The molecule has 1 aromatic carbocycles. The van der Waals surface area contributed by atoms with E-state index in [-0.39, 0.29) is 24.4 Å². The molecule has 122 valence electrons. The standard InChI is InChI=1S/C16H25N3O3/c1-5-10-17-15(20)11-19(3)12(2)16(21)18-13-8-6-7-9-14(13)22-4/h6-9,12H,5,10-11H2,1-4H3,(H,17,20)(H,18,21)/p+1/t12-/m0/s1. The molecular weight excluding hydrogens is 282 g/mol. The highest BCUT2D eigenvalue weighted by Crippen LogP contribution is 2.22. The first kappa shape index (κ1) is 18.0. The number of anilines is 1. The molecule has 0 aliphatic carbocycles. The first-order valence-corrected chi connectivity index (χ1v) is 7.52. The minimum atomic E-state index is -0.350. The van der Waals surface area contributed by atoms with Gasteiger partial charge in [0.1, 0.15) is 5.75 Å². The quantitative estimate of drug-likeness (QED) is 0.636. The van der Waals surface area contributed by atoms with Gasteiger partial charge in [-0.3, -0.25) is 9.59 Å². The van der Waals surface area contributed by atoms with Crippen LogP contribution in [0.5, 0.6) is 5.75 Å². The van der Waals surface area contributed by atoms with E-state index in [9.17, 15) is 9.59 Å². The fourth-order valence-electron chi connectivity index (χ4n) is 1.95. The minimum Gasteiger partial charge on any atom is -0.495 e. The molecule has 3 N–H and O–H groups in total. The molecule has 0 fully saturated rings. The number of hydrogen-bond donors (Lipinski definition) is 3. The highest BCUT2D eigenvalue weighted by molar-refractivity contribution is 5.95. The van der Waals surface area contributed by atoms with Crippen molar-refractivity contribution in [2.75, 3.05) is 32.6 Å². The van der Waals surface area contributed by atoms with Gasteiger partial charge in [-0.25, -0.2) is 0 Å². The van der Waals surface area contributed by atoms with Gasteiger partial charge in [0.2, 0.25) is 0 Å². The van der Waals surface area contributed by atoms with Crippen LogP contribution in [0.2, 0.25) is 0 Å². The van der Waals surface area contributed by atoms with Gasteiger partial charge in [-0.1, -0.05) is 19.1 Å². The van der Waals surface area contributed by atoms with Gasteiger partial charge in [-0.05, 0) is 25.5 Å². The van der Waals surface area contributed by atoms with E-state index >= 15 is 0 Å². The topological polar surface area (TPSA) is 71.9 Å². The molecule has 0 aliphatic heterocycles. The summed E-state index contributed by atoms with van der Waals surface area (Å²) >= 11 is 0. The Morgan fingerprint density at radius 3 is 2.64 bits per heavy atom. The van der Waals surface area contributed by atoms with Crippen LogP contribution in [0.1, 0.15) is 20.3 Å². The van der Waals surface area contributed by atoms with E-state index in [1.54, 1.807) is 26.2 Å².